The third kappa shape index (κ3) is 17.4. The Balaban J connectivity index is 0.000000114. The van der Waals surface area contributed by atoms with Crippen LogP contribution in [0.25, 0.3) is 89.2 Å². The molecule has 0 amide bonds. The predicted molar refractivity (Wildman–Crippen MR) is 475 cm³/mol. The minimum absolute atomic E-state index is 0.0723. The summed E-state index contributed by atoms with van der Waals surface area (Å²) < 4.78 is 83.3. The second-order valence-electron chi connectivity index (χ2n) is 30.3. The lowest BCUT2D eigenvalue weighted by atomic mass is 10.0. The van der Waals surface area contributed by atoms with Gasteiger partial charge < -0.3 is 48.4 Å². The van der Waals surface area contributed by atoms with E-state index in [1.807, 2.05) is 71.1 Å². The Morgan fingerprint density at radius 1 is 0.421 bits per heavy atom. The van der Waals surface area contributed by atoms with Gasteiger partial charge in [-0.05, 0) is 142 Å². The summed E-state index contributed by atoms with van der Waals surface area (Å²) in [5.74, 6) is 0.608. The molecule has 0 spiro atoms. The highest BCUT2D eigenvalue weighted by molar-refractivity contribution is 14.1. The second-order valence-corrected chi connectivity index (χ2v) is 36.0. The number of hydrogen-bond acceptors (Lipinski definition) is 24. The van der Waals surface area contributed by atoms with Crippen molar-refractivity contribution in [2.45, 2.75) is 46.9 Å². The van der Waals surface area contributed by atoms with Crippen LogP contribution in [0.3, 0.4) is 0 Å². The number of benzene rings is 6. The lowest BCUT2D eigenvalue weighted by Gasteiger charge is -2.43. The highest BCUT2D eigenvalue weighted by Gasteiger charge is 2.34. The van der Waals surface area contributed by atoms with E-state index in [1.165, 1.54) is 38.3 Å². The predicted octanol–water partition coefficient (Wildman–Crippen LogP) is 13.5. The van der Waals surface area contributed by atoms with Crippen LogP contribution in [0, 0.1) is 15.0 Å². The number of anilines is 3. The number of aromatic nitrogens is 12. The van der Waals surface area contributed by atoms with Gasteiger partial charge in [0.2, 0.25) is 0 Å². The molecule has 6 aromatic carbocycles. The maximum atomic E-state index is 13.7. The number of piperazine rings is 3. The van der Waals surface area contributed by atoms with Crippen LogP contribution in [0.1, 0.15) is 18.4 Å². The molecule has 8 aromatic heterocycles. The molecule has 28 nitrogen and oxygen atoms in total. The third-order valence-electron chi connectivity index (χ3n) is 23.1. The summed E-state index contributed by atoms with van der Waals surface area (Å²) in [6.07, 6.45) is 7.31. The van der Waals surface area contributed by atoms with Crippen LogP contribution < -0.4 is 19.4 Å². The molecule has 0 atom stereocenters. The van der Waals surface area contributed by atoms with E-state index in [4.69, 9.17) is 58.5 Å². The number of nitrogens with one attached hydrogen (secondary N) is 2. The van der Waals surface area contributed by atoms with Crippen molar-refractivity contribution in [2.24, 2.45) is 0 Å². The van der Waals surface area contributed by atoms with E-state index >= 15 is 0 Å². The van der Waals surface area contributed by atoms with Crippen LogP contribution in [0.2, 0.25) is 15.5 Å². The Morgan fingerprint density at radius 2 is 0.826 bits per heavy atom. The number of hydrogen-bond donors (Lipinski definition) is 2. The highest BCUT2D eigenvalue weighted by Crippen LogP contribution is 2.39. The Hall–Kier alpha value is -10.3. The zero-order chi connectivity index (χ0) is 82.7. The molecular weight excluding hydrogens is 1750 g/mol. The molecule has 34 heteroatoms. The zero-order valence-corrected chi connectivity index (χ0v) is 71.6. The molecular formula is C87H83Cl3IN19O9S2. The first-order valence-electron chi connectivity index (χ1n) is 40.0. The lowest BCUT2D eigenvalue weighted by Crippen LogP contribution is -2.56. The first kappa shape index (κ1) is 81.7. The van der Waals surface area contributed by atoms with Gasteiger partial charge in [-0.15, -0.1) is 0 Å². The SMILES string of the molecule is Clc1ncnc2[nH]c(-c3ccc(N4CCN(C5COC5)CC4)cc3)cc12.N#Cc1cc(-c2ncnc3[nH]c(-c4ccc(N5CCN(C6COC6)CC5)cc4)cc23)ccc1OC1CCOCC1.O=S(=O)(c1ccccc1)n1c(-c2ccc(N3CCN(C4COC4)CC3)cc2)cc2c(Cl)ncnc21.O=S(=O)(c1ccccc1)n1c(I)cc2c(Cl)ncnc21. The van der Waals surface area contributed by atoms with Gasteiger partial charge in [-0.2, -0.15) is 5.26 Å². The van der Waals surface area contributed by atoms with Crippen molar-refractivity contribution >= 4 is 139 Å². The van der Waals surface area contributed by atoms with Crippen LogP contribution in [0.5, 0.6) is 5.75 Å². The Morgan fingerprint density at radius 3 is 1.28 bits per heavy atom. The van der Waals surface area contributed by atoms with Crippen molar-refractivity contribution < 1.29 is 40.5 Å². The van der Waals surface area contributed by atoms with Crippen molar-refractivity contribution in [1.82, 2.24) is 72.5 Å². The molecule has 7 aliphatic heterocycles. The first-order valence-corrected chi connectivity index (χ1v) is 45.1. The smallest absolute Gasteiger partial charge is 0.270 e. The molecule has 7 fully saturated rings. The van der Waals surface area contributed by atoms with Crippen LogP contribution in [-0.2, 0) is 39.0 Å². The first-order chi connectivity index (χ1) is 59.1. The van der Waals surface area contributed by atoms with E-state index in [1.54, 1.807) is 79.1 Å². The fourth-order valence-corrected chi connectivity index (χ4v) is 20.8. The lowest BCUT2D eigenvalue weighted by molar-refractivity contribution is -0.0660. The molecule has 0 aliphatic carbocycles. The molecule has 15 heterocycles. The molecule has 121 heavy (non-hydrogen) atoms. The number of ether oxygens (including phenoxy) is 5. The molecule has 0 unspecified atom stereocenters. The van der Waals surface area contributed by atoms with E-state index < -0.39 is 20.0 Å². The van der Waals surface area contributed by atoms with Crippen LogP contribution >= 0.6 is 57.4 Å². The van der Waals surface area contributed by atoms with Gasteiger partial charge >= 0.3 is 0 Å². The third-order valence-corrected chi connectivity index (χ3v) is 28.6. The average Bonchev–Trinajstić information content (AvgIpc) is 1.63. The summed E-state index contributed by atoms with van der Waals surface area (Å²) in [7, 11) is -7.63. The maximum Gasteiger partial charge on any atom is 0.270 e. The van der Waals surface area contributed by atoms with E-state index in [-0.39, 0.29) is 37.5 Å². The van der Waals surface area contributed by atoms with Gasteiger partial charge in [0.15, 0.2) is 11.3 Å². The number of nitrogens with zero attached hydrogens (tertiary/aromatic N) is 17. The van der Waals surface area contributed by atoms with Crippen molar-refractivity contribution in [3.8, 4) is 56.8 Å². The molecule has 7 aliphatic rings. The zero-order valence-electron chi connectivity index (χ0n) is 65.5. The standard InChI is InChI=1S/C31H32N6O3.C25H24ClN5O3S.C19H20ClN5O.C12H7ClIN3O2S/c32-17-23-15-22(3-6-29(23)40-26-7-13-38-14-8-26)30-27-16-28(35-31(27)34-20-33-30)21-1-4-24(5-2-21)36-9-11-37(12-10-36)25-18-39-19-25;26-24-22-14-23(31(25(22)28-17-27-24)35(32,33)21-4-2-1-3-5-21)18-6-8-19(9-7-18)29-10-12-30(13-11-29)20-15-34-16-20;20-18-16-9-17(23-19(16)22-12-21-18)13-1-3-14(4-2-13)24-5-7-25(8-6-24)15-10-26-11-15;13-11-9-6-10(14)17(12(9)16-7-15-11)20(18,19)8-4-2-1-3-5-8/h1-6,15-16,20,25-26H,7-14,18-19H2,(H,33,34,35);1-9,14,17,20H,10-13,15-16H2;1-4,9,12,15H,5-8,10-11H2,(H,21,22,23);1-7H. The number of aromatic amines is 2. The van der Waals surface area contributed by atoms with Crippen molar-refractivity contribution in [1.29, 1.82) is 5.26 Å². The number of fused-ring (bicyclic) bond motifs is 4. The van der Waals surface area contributed by atoms with E-state index in [0.29, 0.717) is 68.0 Å². The molecule has 21 rings (SSSR count). The summed E-state index contributed by atoms with van der Waals surface area (Å²) >= 11 is 20.4. The van der Waals surface area contributed by atoms with Crippen LogP contribution in [0.4, 0.5) is 17.1 Å². The summed E-state index contributed by atoms with van der Waals surface area (Å²) in [5.41, 5.74) is 13.3. The van der Waals surface area contributed by atoms with Gasteiger partial charge in [0.05, 0.1) is 118 Å². The molecule has 0 bridgehead atoms. The number of rotatable bonds is 16. The van der Waals surface area contributed by atoms with Crippen molar-refractivity contribution in [2.75, 3.05) is 146 Å². The molecule has 14 aromatic rings. The molecule has 0 saturated carbocycles. The minimum atomic E-state index is -3.92. The van der Waals surface area contributed by atoms with E-state index in [2.05, 4.69) is 140 Å². The van der Waals surface area contributed by atoms with E-state index in [9.17, 15) is 22.1 Å². The average molecular weight is 1840 g/mol. The fourth-order valence-electron chi connectivity index (χ4n) is 16.1. The van der Waals surface area contributed by atoms with Gasteiger partial charge in [0.25, 0.3) is 20.0 Å². The topological polar surface area (TPSA) is 302 Å². The fraction of sp³-hybridized carbons (Fsp3) is 0.299. The summed E-state index contributed by atoms with van der Waals surface area (Å²) in [5, 5.41) is 13.5. The van der Waals surface area contributed by atoms with Gasteiger partial charge in [0, 0.05) is 131 Å². The summed E-state index contributed by atoms with van der Waals surface area (Å²) in [4.78, 5) is 55.6. The van der Waals surface area contributed by atoms with Crippen molar-refractivity contribution in [3.63, 3.8) is 0 Å². The normalized spacial score (nSPS) is 17.4. The highest BCUT2D eigenvalue weighted by atomic mass is 127. The van der Waals surface area contributed by atoms with Gasteiger partial charge in [0.1, 0.15) is 70.0 Å². The summed E-state index contributed by atoms with van der Waals surface area (Å²) in [6.45, 7) is 19.1. The van der Waals surface area contributed by atoms with Crippen LogP contribution in [0.15, 0.2) is 211 Å². The van der Waals surface area contributed by atoms with Crippen molar-refractivity contribution in [3.05, 3.63) is 226 Å². The van der Waals surface area contributed by atoms with E-state index in [0.717, 1.165) is 198 Å². The Kier molecular flexibility index (Phi) is 24.3. The largest absolute Gasteiger partial charge is 0.489 e. The number of H-pyrrole nitrogens is 2. The maximum absolute atomic E-state index is 13.7. The summed E-state index contributed by atoms with van der Waals surface area (Å²) in [6, 6.07) is 59.2. The number of nitriles is 1. The molecule has 0 radical (unpaired) electrons. The quantitative estimate of drug-likeness (QED) is 0.0671. The molecule has 620 valence electrons. The van der Waals surface area contributed by atoms with Crippen LogP contribution in [-0.4, -0.2) is 245 Å². The monoisotopic (exact) mass is 1830 g/mol. The second kappa shape index (κ2) is 36.0. The number of halogens is 4. The molecule has 7 saturated heterocycles. The Labute approximate surface area is 727 Å². The van der Waals surface area contributed by atoms with Gasteiger partial charge in [-0.1, -0.05) is 108 Å². The van der Waals surface area contributed by atoms with Gasteiger partial charge in [-0.3, -0.25) is 14.7 Å². The molecule has 2 N–H and O–H groups in total. The van der Waals surface area contributed by atoms with Gasteiger partial charge in [-0.25, -0.2) is 64.7 Å². The Bertz CT molecular complexity index is 6310. The minimum Gasteiger partial charge on any atom is -0.489 e.